The van der Waals surface area contributed by atoms with Crippen molar-refractivity contribution in [1.29, 1.82) is 0 Å². The number of benzene rings is 1. The molecule has 0 atom stereocenters. The number of aryl methyl sites for hydroxylation is 1. The highest BCUT2D eigenvalue weighted by Gasteiger charge is 2.34. The summed E-state index contributed by atoms with van der Waals surface area (Å²) in [5.41, 5.74) is 2.90. The molecule has 0 aliphatic heterocycles. The number of allylic oxidation sites excluding steroid dienone is 6. The predicted molar refractivity (Wildman–Crippen MR) is 113 cm³/mol. The van der Waals surface area contributed by atoms with Crippen LogP contribution in [-0.2, 0) is 9.59 Å². The van der Waals surface area contributed by atoms with E-state index in [1.807, 2.05) is 39.8 Å². The molecular formula is C23H27FN2O2. The molecule has 0 heterocycles. The second-order valence-corrected chi connectivity index (χ2v) is 5.73. The highest BCUT2D eigenvalue weighted by molar-refractivity contribution is 6.51. The largest absolute Gasteiger partial charge is 0.380 e. The molecule has 148 valence electrons. The molecule has 0 saturated carbocycles. The van der Waals surface area contributed by atoms with Crippen molar-refractivity contribution in [2.75, 3.05) is 6.54 Å². The smallest absolute Gasteiger partial charge is 0.251 e. The molecule has 0 bridgehead atoms. The number of nitrogens with one attached hydrogen (secondary N) is 1. The van der Waals surface area contributed by atoms with Gasteiger partial charge in [-0.2, -0.15) is 0 Å². The van der Waals surface area contributed by atoms with E-state index < -0.39 is 11.6 Å². The van der Waals surface area contributed by atoms with Crippen LogP contribution in [0.4, 0.5) is 4.39 Å². The number of nitrogens with zero attached hydrogens (tertiary/aromatic N) is 1. The number of hydrogen-bond acceptors (Lipinski definition) is 4. The van der Waals surface area contributed by atoms with Gasteiger partial charge in [-0.25, -0.2) is 4.39 Å². The van der Waals surface area contributed by atoms with E-state index in [9.17, 15) is 14.0 Å². The number of rotatable bonds is 3. The number of fused-ring (bicyclic) bond motifs is 1. The van der Waals surface area contributed by atoms with Gasteiger partial charge >= 0.3 is 0 Å². The van der Waals surface area contributed by atoms with Gasteiger partial charge in [0, 0.05) is 17.7 Å². The fourth-order valence-electron chi connectivity index (χ4n) is 2.57. The Bertz CT molecular complexity index is 823. The monoisotopic (exact) mass is 382 g/mol. The quantitative estimate of drug-likeness (QED) is 0.612. The van der Waals surface area contributed by atoms with Crippen molar-refractivity contribution in [3.63, 3.8) is 0 Å². The summed E-state index contributed by atoms with van der Waals surface area (Å²) in [7, 11) is 0. The Morgan fingerprint density at radius 3 is 2.29 bits per heavy atom. The van der Waals surface area contributed by atoms with Gasteiger partial charge in [0.05, 0.1) is 5.70 Å². The van der Waals surface area contributed by atoms with E-state index >= 15 is 0 Å². The van der Waals surface area contributed by atoms with E-state index in [4.69, 9.17) is 0 Å². The summed E-state index contributed by atoms with van der Waals surface area (Å²) in [6.07, 6.45) is 7.95. The number of carbonyl (C=O) groups is 2. The summed E-state index contributed by atoms with van der Waals surface area (Å²) in [6, 6.07) is 6.40. The van der Waals surface area contributed by atoms with E-state index in [1.54, 1.807) is 24.3 Å². The molecule has 2 aliphatic carbocycles. The molecule has 2 aliphatic rings. The first-order chi connectivity index (χ1) is 13.5. The van der Waals surface area contributed by atoms with Crippen molar-refractivity contribution >= 4 is 18.3 Å². The highest BCUT2D eigenvalue weighted by Crippen LogP contribution is 2.31. The van der Waals surface area contributed by atoms with Crippen molar-refractivity contribution < 1.29 is 14.0 Å². The fourth-order valence-corrected chi connectivity index (χ4v) is 2.57. The minimum absolute atomic E-state index is 0.171. The molecule has 0 saturated heterocycles. The minimum Gasteiger partial charge on any atom is -0.380 e. The maximum absolute atomic E-state index is 12.1. The van der Waals surface area contributed by atoms with E-state index in [0.717, 1.165) is 5.56 Å². The van der Waals surface area contributed by atoms with Gasteiger partial charge in [0.15, 0.2) is 0 Å². The molecule has 4 nitrogen and oxygen atoms in total. The molecule has 0 aromatic heterocycles. The van der Waals surface area contributed by atoms with Gasteiger partial charge in [0.1, 0.15) is 11.5 Å². The lowest BCUT2D eigenvalue weighted by atomic mass is 9.88. The summed E-state index contributed by atoms with van der Waals surface area (Å²) in [5, 5.41) is 2.91. The Balaban J connectivity index is 0.000000327. The zero-order chi connectivity index (χ0) is 21.1. The number of aliphatic imine (C=N–C) groups is 1. The summed E-state index contributed by atoms with van der Waals surface area (Å²) < 4.78 is 12.1. The molecule has 1 aromatic rings. The van der Waals surface area contributed by atoms with Gasteiger partial charge in [0.25, 0.3) is 5.78 Å². The molecule has 3 rings (SSSR count). The molecule has 0 unspecified atom stereocenters. The zero-order valence-corrected chi connectivity index (χ0v) is 16.9. The summed E-state index contributed by atoms with van der Waals surface area (Å²) in [4.78, 5) is 27.9. The second-order valence-electron chi connectivity index (χ2n) is 5.73. The molecule has 0 fully saturated rings. The molecule has 1 N–H and O–H groups in total. The molecule has 28 heavy (non-hydrogen) atoms. The van der Waals surface area contributed by atoms with Crippen LogP contribution in [0.25, 0.3) is 0 Å². The molecule has 0 spiro atoms. The Labute approximate surface area is 166 Å². The van der Waals surface area contributed by atoms with Crippen LogP contribution < -0.4 is 5.32 Å². The van der Waals surface area contributed by atoms with Gasteiger partial charge in [0.2, 0.25) is 5.78 Å². The molecule has 0 amide bonds. The first-order valence-electron chi connectivity index (χ1n) is 9.33. The average molecular weight is 382 g/mol. The van der Waals surface area contributed by atoms with Gasteiger partial charge in [-0.05, 0) is 39.1 Å². The summed E-state index contributed by atoms with van der Waals surface area (Å²) >= 11 is 0. The van der Waals surface area contributed by atoms with Crippen LogP contribution in [0, 0.1) is 12.7 Å². The van der Waals surface area contributed by atoms with Gasteiger partial charge < -0.3 is 5.32 Å². The van der Waals surface area contributed by atoms with Crippen LogP contribution in [0.1, 0.15) is 32.8 Å². The predicted octanol–water partition coefficient (Wildman–Crippen LogP) is 4.63. The van der Waals surface area contributed by atoms with Crippen LogP contribution in [0.3, 0.4) is 0 Å². The SMILES string of the molecule is C=NC1=C(NCC)C(=O)C(=O)C2=CC=CCC=C21.CC.Cc1ccc(F)cc1. The maximum Gasteiger partial charge on any atom is 0.251 e. The second kappa shape index (κ2) is 11.6. The minimum atomic E-state index is -0.544. The Kier molecular flexibility index (Phi) is 9.51. The third kappa shape index (κ3) is 5.71. The van der Waals surface area contributed by atoms with E-state index in [0.29, 0.717) is 29.8 Å². The lowest BCUT2D eigenvalue weighted by Crippen LogP contribution is -2.33. The van der Waals surface area contributed by atoms with Crippen LogP contribution >= 0.6 is 0 Å². The Morgan fingerprint density at radius 2 is 1.75 bits per heavy atom. The Morgan fingerprint density at radius 1 is 1.11 bits per heavy atom. The van der Waals surface area contributed by atoms with Crippen molar-refractivity contribution in [2.24, 2.45) is 4.99 Å². The third-order valence-electron chi connectivity index (χ3n) is 3.84. The topological polar surface area (TPSA) is 58.5 Å². The standard InChI is InChI=1S/C14H14N2O2.C7H7F.C2H6/c1-3-16-12-11(15-2)9-7-5-4-6-8-10(9)13(17)14(12)18;1-6-2-4-7(8)5-3-6;1-2/h4,6-8,16H,2-3,5H2,1H3;2-5H,1H3;1-2H3. The number of hydrogen-bond donors (Lipinski definition) is 1. The number of Topliss-reactive ketones (excluding diaryl/α,β-unsaturated/α-hetero) is 2. The summed E-state index contributed by atoms with van der Waals surface area (Å²) in [6.45, 7) is 11.8. The van der Waals surface area contributed by atoms with Crippen LogP contribution in [0.2, 0.25) is 0 Å². The van der Waals surface area contributed by atoms with Crippen LogP contribution in [0.15, 0.2) is 76.1 Å². The zero-order valence-electron chi connectivity index (χ0n) is 16.9. The fraction of sp³-hybridized carbons (Fsp3) is 0.261. The Hall–Kier alpha value is -3.08. The normalized spacial score (nSPS) is 15.0. The molecule has 5 heteroatoms. The van der Waals surface area contributed by atoms with Crippen molar-refractivity contribution in [2.45, 2.75) is 34.1 Å². The third-order valence-corrected chi connectivity index (χ3v) is 3.84. The van der Waals surface area contributed by atoms with Crippen LogP contribution in [0.5, 0.6) is 0 Å². The van der Waals surface area contributed by atoms with Crippen LogP contribution in [-0.4, -0.2) is 24.8 Å². The molecular weight excluding hydrogens is 355 g/mol. The number of ketones is 2. The lowest BCUT2D eigenvalue weighted by Gasteiger charge is -2.20. The van der Waals surface area contributed by atoms with Gasteiger partial charge in [-0.1, -0.05) is 55.8 Å². The number of halogens is 1. The van der Waals surface area contributed by atoms with E-state index in [1.165, 1.54) is 12.1 Å². The summed E-state index contributed by atoms with van der Waals surface area (Å²) in [5.74, 6) is -1.20. The van der Waals surface area contributed by atoms with E-state index in [-0.39, 0.29) is 11.5 Å². The van der Waals surface area contributed by atoms with Crippen molar-refractivity contribution in [1.82, 2.24) is 5.32 Å². The van der Waals surface area contributed by atoms with Crippen molar-refractivity contribution in [3.05, 3.63) is 82.5 Å². The van der Waals surface area contributed by atoms with Gasteiger partial charge in [-0.3, -0.25) is 14.6 Å². The maximum atomic E-state index is 12.1. The molecule has 0 radical (unpaired) electrons. The lowest BCUT2D eigenvalue weighted by molar-refractivity contribution is -0.132. The molecule has 1 aromatic carbocycles. The number of likely N-dealkylation sites (N-methyl/N-ethyl adjacent to an activating group) is 1. The number of carbonyl (C=O) groups excluding carboxylic acids is 2. The van der Waals surface area contributed by atoms with Gasteiger partial charge in [-0.15, -0.1) is 0 Å². The average Bonchev–Trinajstić information content (AvgIpc) is 2.97. The first-order valence-corrected chi connectivity index (χ1v) is 9.33. The first kappa shape index (κ1) is 23.0. The highest BCUT2D eigenvalue weighted by atomic mass is 19.1. The van der Waals surface area contributed by atoms with Crippen molar-refractivity contribution in [3.8, 4) is 0 Å². The van der Waals surface area contributed by atoms with E-state index in [2.05, 4.69) is 17.0 Å².